The fourth-order valence-electron chi connectivity index (χ4n) is 1.35. The number of aryl methyl sites for hydroxylation is 1. The van der Waals surface area contributed by atoms with Crippen molar-refractivity contribution in [2.45, 2.75) is 13.2 Å². The monoisotopic (exact) mass is 286 g/mol. The quantitative estimate of drug-likeness (QED) is 0.575. The van der Waals surface area contributed by atoms with Crippen molar-refractivity contribution in [1.82, 2.24) is 25.4 Å². The number of hydrogen-bond acceptors (Lipinski definition) is 6. The number of nitrogens with one attached hydrogen (secondary N) is 3. The van der Waals surface area contributed by atoms with Gasteiger partial charge in [0.2, 0.25) is 5.95 Å². The second-order valence-electron chi connectivity index (χ2n) is 3.79. The number of H-pyrrole nitrogens is 1. The molecule has 0 aromatic carbocycles. The number of rotatable bonds is 3. The van der Waals surface area contributed by atoms with Crippen LogP contribution in [0.4, 0.5) is 19.1 Å². The van der Waals surface area contributed by atoms with Gasteiger partial charge in [0.05, 0.1) is 0 Å². The molecule has 2 aromatic heterocycles. The molecule has 0 unspecified atom stereocenters. The first-order valence-corrected chi connectivity index (χ1v) is 5.35. The highest BCUT2D eigenvalue weighted by Gasteiger charge is 2.27. The minimum atomic E-state index is -4.67. The first-order valence-electron chi connectivity index (χ1n) is 5.35. The molecule has 3 N–H and O–H groups in total. The number of halogens is 3. The molecular formula is C10H9F3N6O. The molecule has 0 aliphatic carbocycles. The highest BCUT2D eigenvalue weighted by Crippen LogP contribution is 2.13. The Hall–Kier alpha value is -2.49. The number of aromatic nitrogens is 4. The lowest BCUT2D eigenvalue weighted by Crippen LogP contribution is -2.37. The third kappa shape index (κ3) is 3.75. The number of hydrazine groups is 1. The van der Waals surface area contributed by atoms with Crippen molar-refractivity contribution in [3.8, 4) is 11.5 Å². The van der Waals surface area contributed by atoms with Crippen LogP contribution >= 0.6 is 0 Å². The van der Waals surface area contributed by atoms with E-state index in [-0.39, 0.29) is 5.82 Å². The topological polar surface area (TPSA) is 95.6 Å². The van der Waals surface area contributed by atoms with E-state index in [1.54, 1.807) is 24.5 Å². The van der Waals surface area contributed by atoms with E-state index >= 15 is 0 Å². The lowest BCUT2D eigenvalue weighted by molar-refractivity contribution is -0.151. The summed E-state index contributed by atoms with van der Waals surface area (Å²) >= 11 is 0. The highest BCUT2D eigenvalue weighted by atomic mass is 19.4. The normalized spacial score (nSPS) is 11.4. The molecule has 0 aliphatic heterocycles. The van der Waals surface area contributed by atoms with Crippen LogP contribution in [0.1, 0.15) is 5.56 Å². The van der Waals surface area contributed by atoms with E-state index < -0.39 is 17.9 Å². The predicted molar refractivity (Wildman–Crippen MR) is 63.4 cm³/mol. The summed E-state index contributed by atoms with van der Waals surface area (Å²) < 4.78 is 36.0. The third-order valence-electron chi connectivity index (χ3n) is 2.12. The number of hydrogen-bond donors (Lipinski definition) is 3. The molecule has 0 radical (unpaired) electrons. The molecule has 2 aromatic rings. The molecule has 2 rings (SSSR count). The summed E-state index contributed by atoms with van der Waals surface area (Å²) in [6.45, 7) is 1.80. The van der Waals surface area contributed by atoms with Crippen LogP contribution in [0.25, 0.3) is 11.5 Å². The SMILES string of the molecule is Cc1ccnc(-c2nc(NNC(F)(F)F)nc(=O)[nH]2)c1. The molecule has 20 heavy (non-hydrogen) atoms. The molecule has 0 saturated heterocycles. The van der Waals surface area contributed by atoms with Crippen LogP contribution in [0, 0.1) is 6.92 Å². The van der Waals surface area contributed by atoms with E-state index in [1.807, 2.05) is 0 Å². The second-order valence-corrected chi connectivity index (χ2v) is 3.79. The standard InChI is InChI=1S/C10H9F3N6O/c1-5-2-3-14-6(4-5)7-15-8(17-9(20)16-7)18-19-10(11,12)13/h2-4,19H,1H3,(H2,15,16,17,18,20). The molecular weight excluding hydrogens is 277 g/mol. The van der Waals surface area contributed by atoms with Crippen LogP contribution < -0.4 is 16.5 Å². The van der Waals surface area contributed by atoms with E-state index in [1.165, 1.54) is 6.20 Å². The molecule has 106 valence electrons. The van der Waals surface area contributed by atoms with Gasteiger partial charge in [0, 0.05) is 6.20 Å². The molecule has 0 spiro atoms. The van der Waals surface area contributed by atoms with Crippen LogP contribution in [-0.4, -0.2) is 26.2 Å². The van der Waals surface area contributed by atoms with Crippen LogP contribution in [0.15, 0.2) is 23.1 Å². The van der Waals surface area contributed by atoms with Crippen molar-refractivity contribution in [3.05, 3.63) is 34.4 Å². The van der Waals surface area contributed by atoms with E-state index in [9.17, 15) is 18.0 Å². The van der Waals surface area contributed by atoms with Crippen LogP contribution in [0.5, 0.6) is 0 Å². The van der Waals surface area contributed by atoms with Gasteiger partial charge in [-0.3, -0.25) is 15.4 Å². The Morgan fingerprint density at radius 2 is 2.05 bits per heavy atom. The van der Waals surface area contributed by atoms with Gasteiger partial charge in [-0.2, -0.15) is 23.1 Å². The Labute approximate surface area is 110 Å². The Balaban J connectivity index is 2.32. The molecule has 0 saturated carbocycles. The number of alkyl halides is 3. The summed E-state index contributed by atoms with van der Waals surface area (Å²) in [5.41, 5.74) is 3.05. The van der Waals surface area contributed by atoms with E-state index in [0.717, 1.165) is 11.0 Å². The second kappa shape index (κ2) is 5.25. The van der Waals surface area contributed by atoms with E-state index in [4.69, 9.17) is 0 Å². The largest absolute Gasteiger partial charge is 0.474 e. The van der Waals surface area contributed by atoms with Crippen LogP contribution in [-0.2, 0) is 0 Å². The van der Waals surface area contributed by atoms with Gasteiger partial charge in [0.1, 0.15) is 5.69 Å². The van der Waals surface area contributed by atoms with Gasteiger partial charge in [0.25, 0.3) is 0 Å². The average molecular weight is 286 g/mol. The van der Waals surface area contributed by atoms with Gasteiger partial charge in [-0.15, -0.1) is 5.43 Å². The molecule has 0 fully saturated rings. The zero-order chi connectivity index (χ0) is 14.8. The fraction of sp³-hybridized carbons (Fsp3) is 0.200. The Bertz CT molecular complexity index is 669. The highest BCUT2D eigenvalue weighted by molar-refractivity contribution is 5.51. The molecule has 10 heteroatoms. The maximum Gasteiger partial charge on any atom is 0.474 e. The van der Waals surface area contributed by atoms with E-state index in [0.29, 0.717) is 5.69 Å². The van der Waals surface area contributed by atoms with Crippen molar-refractivity contribution in [3.63, 3.8) is 0 Å². The van der Waals surface area contributed by atoms with Gasteiger partial charge in [-0.05, 0) is 24.6 Å². The summed E-state index contributed by atoms with van der Waals surface area (Å²) in [7, 11) is 0. The maximum absolute atomic E-state index is 12.0. The van der Waals surface area contributed by atoms with Crippen molar-refractivity contribution in [1.29, 1.82) is 0 Å². The first kappa shape index (κ1) is 13.9. The van der Waals surface area contributed by atoms with Gasteiger partial charge in [0.15, 0.2) is 5.82 Å². The summed E-state index contributed by atoms with van der Waals surface area (Å²) in [6.07, 6.45) is -3.18. The van der Waals surface area contributed by atoms with Crippen molar-refractivity contribution >= 4 is 5.95 Å². The van der Waals surface area contributed by atoms with Crippen LogP contribution in [0.3, 0.4) is 0 Å². The Morgan fingerprint density at radius 3 is 2.70 bits per heavy atom. The smallest absolute Gasteiger partial charge is 0.288 e. The summed E-state index contributed by atoms with van der Waals surface area (Å²) in [5, 5.41) is 0. The van der Waals surface area contributed by atoms with Crippen molar-refractivity contribution in [2.24, 2.45) is 0 Å². The van der Waals surface area contributed by atoms with Crippen molar-refractivity contribution in [2.75, 3.05) is 5.43 Å². The fourth-order valence-corrected chi connectivity index (χ4v) is 1.35. The number of nitrogens with zero attached hydrogens (tertiary/aromatic N) is 3. The van der Waals surface area contributed by atoms with Gasteiger partial charge in [-0.1, -0.05) is 0 Å². The molecule has 7 nitrogen and oxygen atoms in total. The zero-order valence-corrected chi connectivity index (χ0v) is 10.1. The molecule has 0 aliphatic rings. The number of aromatic amines is 1. The van der Waals surface area contributed by atoms with Crippen LogP contribution in [0.2, 0.25) is 0 Å². The molecule has 0 atom stereocenters. The zero-order valence-electron chi connectivity index (χ0n) is 10.1. The summed E-state index contributed by atoms with van der Waals surface area (Å²) in [6, 6.07) is 3.35. The molecule has 2 heterocycles. The van der Waals surface area contributed by atoms with Gasteiger partial charge >= 0.3 is 12.0 Å². The summed E-state index contributed by atoms with van der Waals surface area (Å²) in [5.74, 6) is -0.496. The predicted octanol–water partition coefficient (Wildman–Crippen LogP) is 0.972. The van der Waals surface area contributed by atoms with Crippen molar-refractivity contribution < 1.29 is 13.2 Å². The first-order chi connectivity index (χ1) is 9.33. The lowest BCUT2D eigenvalue weighted by Gasteiger charge is -2.09. The van der Waals surface area contributed by atoms with E-state index in [2.05, 4.69) is 19.9 Å². The van der Waals surface area contributed by atoms with Gasteiger partial charge < -0.3 is 0 Å². The lowest BCUT2D eigenvalue weighted by atomic mass is 10.2. The minimum absolute atomic E-state index is 0.0141. The Morgan fingerprint density at radius 1 is 1.30 bits per heavy atom. The third-order valence-corrected chi connectivity index (χ3v) is 2.12. The number of pyridine rings is 1. The van der Waals surface area contributed by atoms with Gasteiger partial charge in [-0.25, -0.2) is 4.79 Å². The minimum Gasteiger partial charge on any atom is -0.288 e. The summed E-state index contributed by atoms with van der Waals surface area (Å²) in [4.78, 5) is 24.6. The average Bonchev–Trinajstić information content (AvgIpc) is 2.35. The maximum atomic E-state index is 12.0. The molecule has 0 bridgehead atoms. The molecule has 0 amide bonds. The Kier molecular flexibility index (Phi) is 3.66. The number of anilines is 1.